The van der Waals surface area contributed by atoms with Gasteiger partial charge in [-0.15, -0.1) is 0 Å². The molecular weight excluding hydrogens is 303 g/mol. The zero-order chi connectivity index (χ0) is 17.3. The number of hydrazone groups is 1. The molecule has 0 spiro atoms. The molecule has 1 heterocycles. The normalized spacial score (nSPS) is 17.3. The Balaban J connectivity index is 1.92. The first-order valence-corrected chi connectivity index (χ1v) is 8.19. The highest BCUT2D eigenvalue weighted by Crippen LogP contribution is 2.33. The van der Waals surface area contributed by atoms with Crippen LogP contribution in [0, 0.1) is 5.82 Å². The molecule has 1 atom stereocenters. The van der Waals surface area contributed by atoms with Crippen LogP contribution in [0.2, 0.25) is 0 Å². The molecule has 2 aromatic rings. The van der Waals surface area contributed by atoms with E-state index in [1.54, 1.807) is 18.2 Å². The number of benzene rings is 2. The molecule has 4 heteroatoms. The largest absolute Gasteiger partial charge is 0.273 e. The van der Waals surface area contributed by atoms with Gasteiger partial charge in [0.25, 0.3) is 0 Å². The van der Waals surface area contributed by atoms with Crippen molar-refractivity contribution in [3.05, 3.63) is 71.0 Å². The lowest BCUT2D eigenvalue weighted by molar-refractivity contribution is -0.130. The highest BCUT2D eigenvalue weighted by Gasteiger charge is 2.32. The lowest BCUT2D eigenvalue weighted by Crippen LogP contribution is -2.24. The maximum atomic E-state index is 14.1. The fourth-order valence-corrected chi connectivity index (χ4v) is 3.02. The molecule has 3 nitrogen and oxygen atoms in total. The Morgan fingerprint density at radius 1 is 1.17 bits per heavy atom. The van der Waals surface area contributed by atoms with Crippen LogP contribution in [0.15, 0.2) is 53.6 Å². The molecule has 0 bridgehead atoms. The quantitative estimate of drug-likeness (QED) is 0.809. The number of carbonyl (C=O) groups is 1. The number of carbonyl (C=O) groups excluding carboxylic acids is 1. The summed E-state index contributed by atoms with van der Waals surface area (Å²) in [5.74, 6) is 0.00611. The summed E-state index contributed by atoms with van der Waals surface area (Å²) in [6.45, 7) is 5.78. The topological polar surface area (TPSA) is 32.7 Å². The second kappa shape index (κ2) is 6.56. The minimum atomic E-state index is -0.310. The molecule has 3 rings (SSSR count). The van der Waals surface area contributed by atoms with Crippen molar-refractivity contribution in [2.45, 2.75) is 39.2 Å². The molecule has 1 unspecified atom stereocenters. The average Bonchev–Trinajstić information content (AvgIpc) is 3.00. The van der Waals surface area contributed by atoms with Gasteiger partial charge in [0.2, 0.25) is 5.91 Å². The highest BCUT2D eigenvalue weighted by atomic mass is 19.1. The standard InChI is InChI=1S/C20H21FN2O/c1-13(2)15-8-10-16(11-9-15)20-12-19(22-23(20)14(3)24)17-6-4-5-7-18(17)21/h4-11,13,20H,12H2,1-3H3. The molecule has 0 fully saturated rings. The Hall–Kier alpha value is -2.49. The summed E-state index contributed by atoms with van der Waals surface area (Å²) in [5, 5.41) is 5.86. The van der Waals surface area contributed by atoms with Crippen LogP contribution in [0.4, 0.5) is 4.39 Å². The van der Waals surface area contributed by atoms with Crippen molar-refractivity contribution in [1.82, 2.24) is 5.01 Å². The molecule has 0 N–H and O–H groups in total. The first-order valence-electron chi connectivity index (χ1n) is 8.19. The monoisotopic (exact) mass is 324 g/mol. The minimum absolute atomic E-state index is 0.140. The van der Waals surface area contributed by atoms with Crippen LogP contribution < -0.4 is 0 Å². The maximum Gasteiger partial charge on any atom is 0.240 e. The number of halogens is 1. The Labute approximate surface area is 141 Å². The fourth-order valence-electron chi connectivity index (χ4n) is 3.02. The van der Waals surface area contributed by atoms with Crippen molar-refractivity contribution in [3.63, 3.8) is 0 Å². The summed E-state index contributed by atoms with van der Waals surface area (Å²) in [6, 6.07) is 14.6. The number of rotatable bonds is 3. The van der Waals surface area contributed by atoms with Crippen molar-refractivity contribution < 1.29 is 9.18 Å². The summed E-state index contributed by atoms with van der Waals surface area (Å²) in [6.07, 6.45) is 0.515. The van der Waals surface area contributed by atoms with E-state index in [1.807, 2.05) is 12.1 Å². The number of hydrogen-bond acceptors (Lipinski definition) is 2. The van der Waals surface area contributed by atoms with E-state index in [9.17, 15) is 9.18 Å². The number of nitrogens with zero attached hydrogens (tertiary/aromatic N) is 2. The summed E-state index contributed by atoms with van der Waals surface area (Å²) in [4.78, 5) is 12.0. The van der Waals surface area contributed by atoms with Crippen molar-refractivity contribution in [2.75, 3.05) is 0 Å². The van der Waals surface area contributed by atoms with Gasteiger partial charge in [0, 0.05) is 18.9 Å². The zero-order valence-electron chi connectivity index (χ0n) is 14.2. The van der Waals surface area contributed by atoms with Crippen LogP contribution in [0.25, 0.3) is 0 Å². The molecule has 1 amide bonds. The smallest absolute Gasteiger partial charge is 0.240 e. The van der Waals surface area contributed by atoms with Gasteiger partial charge in [-0.05, 0) is 23.1 Å². The van der Waals surface area contributed by atoms with Gasteiger partial charge in [-0.3, -0.25) is 4.79 Å². The lowest BCUT2D eigenvalue weighted by Gasteiger charge is -2.21. The second-order valence-electron chi connectivity index (χ2n) is 6.43. The van der Waals surface area contributed by atoms with Gasteiger partial charge < -0.3 is 0 Å². The Kier molecular flexibility index (Phi) is 4.47. The van der Waals surface area contributed by atoms with Gasteiger partial charge >= 0.3 is 0 Å². The van der Waals surface area contributed by atoms with Gasteiger partial charge in [0.15, 0.2) is 0 Å². The van der Waals surface area contributed by atoms with Crippen LogP contribution in [-0.4, -0.2) is 16.6 Å². The first-order chi connectivity index (χ1) is 11.5. The summed E-state index contributed by atoms with van der Waals surface area (Å²) in [7, 11) is 0. The van der Waals surface area contributed by atoms with Crippen LogP contribution in [0.5, 0.6) is 0 Å². The number of amides is 1. The lowest BCUT2D eigenvalue weighted by atomic mass is 9.95. The Morgan fingerprint density at radius 3 is 2.42 bits per heavy atom. The minimum Gasteiger partial charge on any atom is -0.273 e. The third-order valence-corrected chi connectivity index (χ3v) is 4.41. The van der Waals surface area contributed by atoms with E-state index in [0.29, 0.717) is 23.6 Å². The molecule has 0 saturated heterocycles. The van der Waals surface area contributed by atoms with E-state index in [2.05, 4.69) is 31.1 Å². The van der Waals surface area contributed by atoms with Crippen molar-refractivity contribution in [3.8, 4) is 0 Å². The van der Waals surface area contributed by atoms with E-state index in [4.69, 9.17) is 0 Å². The van der Waals surface area contributed by atoms with Crippen molar-refractivity contribution >= 4 is 11.6 Å². The molecule has 24 heavy (non-hydrogen) atoms. The average molecular weight is 324 g/mol. The predicted molar refractivity (Wildman–Crippen MR) is 93.3 cm³/mol. The van der Waals surface area contributed by atoms with Crippen LogP contribution >= 0.6 is 0 Å². The highest BCUT2D eigenvalue weighted by molar-refractivity contribution is 6.03. The van der Waals surface area contributed by atoms with Gasteiger partial charge in [-0.2, -0.15) is 5.10 Å². The van der Waals surface area contributed by atoms with Gasteiger partial charge in [-0.1, -0.05) is 56.3 Å². The van der Waals surface area contributed by atoms with E-state index in [1.165, 1.54) is 23.6 Å². The summed E-state index contributed by atoms with van der Waals surface area (Å²) >= 11 is 0. The van der Waals surface area contributed by atoms with E-state index >= 15 is 0 Å². The summed E-state index contributed by atoms with van der Waals surface area (Å²) in [5.41, 5.74) is 3.34. The molecule has 124 valence electrons. The van der Waals surface area contributed by atoms with Crippen molar-refractivity contribution in [1.29, 1.82) is 0 Å². The third kappa shape index (κ3) is 3.09. The third-order valence-electron chi connectivity index (χ3n) is 4.41. The van der Waals surface area contributed by atoms with E-state index in [0.717, 1.165) is 5.56 Å². The predicted octanol–water partition coefficient (Wildman–Crippen LogP) is 4.65. The molecular formula is C20H21FN2O. The SMILES string of the molecule is CC(=O)N1N=C(c2ccccc2F)CC1c1ccc(C(C)C)cc1. The molecule has 2 aromatic carbocycles. The molecule has 1 aliphatic heterocycles. The van der Waals surface area contributed by atoms with Gasteiger partial charge in [0.05, 0.1) is 11.8 Å². The van der Waals surface area contributed by atoms with Crippen LogP contribution in [0.3, 0.4) is 0 Å². The van der Waals surface area contributed by atoms with E-state index < -0.39 is 0 Å². The fraction of sp³-hybridized carbons (Fsp3) is 0.300. The molecule has 0 aliphatic carbocycles. The molecule has 0 radical (unpaired) electrons. The molecule has 1 aliphatic rings. The van der Waals surface area contributed by atoms with Crippen LogP contribution in [-0.2, 0) is 4.79 Å². The second-order valence-corrected chi connectivity index (χ2v) is 6.43. The maximum absolute atomic E-state index is 14.1. The molecule has 0 saturated carbocycles. The summed E-state index contributed by atoms with van der Waals surface area (Å²) < 4.78 is 14.1. The Bertz CT molecular complexity index is 780. The Morgan fingerprint density at radius 2 is 1.83 bits per heavy atom. The number of hydrogen-bond donors (Lipinski definition) is 0. The zero-order valence-corrected chi connectivity index (χ0v) is 14.2. The van der Waals surface area contributed by atoms with Gasteiger partial charge in [0.1, 0.15) is 5.82 Å². The first kappa shape index (κ1) is 16.4. The molecule has 0 aromatic heterocycles. The van der Waals surface area contributed by atoms with Gasteiger partial charge in [-0.25, -0.2) is 9.40 Å². The van der Waals surface area contributed by atoms with E-state index in [-0.39, 0.29) is 17.8 Å². The van der Waals surface area contributed by atoms with Crippen molar-refractivity contribution in [2.24, 2.45) is 5.10 Å². The van der Waals surface area contributed by atoms with Crippen LogP contribution in [0.1, 0.15) is 55.8 Å².